The molecule has 1 unspecified atom stereocenters. The topological polar surface area (TPSA) is 78.5 Å². The molecule has 2 aliphatic heterocycles. The normalized spacial score (nSPS) is 21.1. The summed E-state index contributed by atoms with van der Waals surface area (Å²) in [4.78, 5) is 38.5. The molecule has 2 N–H and O–H groups in total. The van der Waals surface area contributed by atoms with Gasteiger partial charge >= 0.3 is 0 Å². The van der Waals surface area contributed by atoms with Crippen molar-refractivity contribution in [2.45, 2.75) is 38.8 Å². The third kappa shape index (κ3) is 3.30. The van der Waals surface area contributed by atoms with E-state index >= 15 is 0 Å². The van der Waals surface area contributed by atoms with Gasteiger partial charge in [-0.25, -0.2) is 0 Å². The van der Waals surface area contributed by atoms with Gasteiger partial charge in [0.1, 0.15) is 6.04 Å². The minimum absolute atomic E-state index is 0. The van der Waals surface area contributed by atoms with Crippen LogP contribution in [0.5, 0.6) is 0 Å². The fourth-order valence-electron chi connectivity index (χ4n) is 3.14. The van der Waals surface area contributed by atoms with Gasteiger partial charge in [0.15, 0.2) is 0 Å². The predicted molar refractivity (Wildman–Crippen MR) is 92.4 cm³/mol. The Hall–Kier alpha value is -1.92. The minimum Gasteiger partial charge on any atom is -0.350 e. The molecule has 7 heteroatoms. The summed E-state index contributed by atoms with van der Waals surface area (Å²) in [5, 5.41) is 6.15. The number of carbonyl (C=O) groups is 3. The molecule has 0 saturated carbocycles. The van der Waals surface area contributed by atoms with E-state index in [9.17, 15) is 14.4 Å². The lowest BCUT2D eigenvalue weighted by molar-refractivity contribution is -0.125. The van der Waals surface area contributed by atoms with Gasteiger partial charge in [-0.05, 0) is 45.4 Å². The van der Waals surface area contributed by atoms with Gasteiger partial charge in [-0.1, -0.05) is 11.6 Å². The smallest absolute Gasteiger partial charge is 0.262 e. The maximum absolute atomic E-state index is 12.5. The first-order chi connectivity index (χ1) is 11.0. The Morgan fingerprint density at radius 1 is 1.29 bits per heavy atom. The number of hydrogen-bond donors (Lipinski definition) is 2. The number of imide groups is 1. The number of piperidine rings is 1. The van der Waals surface area contributed by atoms with E-state index in [1.54, 1.807) is 25.1 Å². The molecule has 3 rings (SSSR count). The molecule has 0 bridgehead atoms. The zero-order chi connectivity index (χ0) is 16.6. The van der Waals surface area contributed by atoms with Crippen LogP contribution in [0.1, 0.15) is 46.0 Å². The van der Waals surface area contributed by atoms with Crippen molar-refractivity contribution in [3.8, 4) is 0 Å². The van der Waals surface area contributed by atoms with Crippen LogP contribution in [0.4, 0.5) is 0 Å². The Labute approximate surface area is 147 Å². The summed E-state index contributed by atoms with van der Waals surface area (Å²) in [5.74, 6) is -1.07. The summed E-state index contributed by atoms with van der Waals surface area (Å²) >= 11 is 0. The molecule has 2 atom stereocenters. The first-order valence-electron chi connectivity index (χ1n) is 7.98. The van der Waals surface area contributed by atoms with E-state index < -0.39 is 17.9 Å². The Morgan fingerprint density at radius 3 is 2.67 bits per heavy atom. The van der Waals surface area contributed by atoms with Gasteiger partial charge in [-0.15, -0.1) is 12.4 Å². The monoisotopic (exact) mass is 351 g/mol. The maximum Gasteiger partial charge on any atom is 0.262 e. The molecule has 2 aliphatic rings. The molecular weight excluding hydrogens is 330 g/mol. The summed E-state index contributed by atoms with van der Waals surface area (Å²) in [7, 11) is 0. The van der Waals surface area contributed by atoms with Crippen LogP contribution in [-0.2, 0) is 4.79 Å². The van der Waals surface area contributed by atoms with Crippen LogP contribution >= 0.6 is 12.4 Å². The van der Waals surface area contributed by atoms with Crippen molar-refractivity contribution < 1.29 is 14.4 Å². The van der Waals surface area contributed by atoms with Crippen LogP contribution in [0.2, 0.25) is 0 Å². The van der Waals surface area contributed by atoms with Gasteiger partial charge in [-0.3, -0.25) is 19.3 Å². The molecule has 6 nitrogen and oxygen atoms in total. The SMILES string of the molecule is Cc1ccc2c(c1)C(=O)N(C(C)C(=O)N[C@H]1CCCNC1)C2=O.Cl. The second-order valence-corrected chi connectivity index (χ2v) is 6.26. The molecule has 0 spiro atoms. The number of benzene rings is 1. The van der Waals surface area contributed by atoms with Crippen LogP contribution in [-0.4, -0.2) is 47.8 Å². The van der Waals surface area contributed by atoms with Crippen LogP contribution < -0.4 is 10.6 Å². The van der Waals surface area contributed by atoms with Gasteiger partial charge in [-0.2, -0.15) is 0 Å². The Bertz CT molecular complexity index is 671. The van der Waals surface area contributed by atoms with Gasteiger partial charge in [0.05, 0.1) is 11.1 Å². The van der Waals surface area contributed by atoms with E-state index in [-0.39, 0.29) is 24.4 Å². The summed E-state index contributed by atoms with van der Waals surface area (Å²) in [6.07, 6.45) is 1.92. The maximum atomic E-state index is 12.5. The van der Waals surface area contributed by atoms with E-state index in [2.05, 4.69) is 10.6 Å². The Morgan fingerprint density at radius 2 is 2.00 bits per heavy atom. The van der Waals surface area contributed by atoms with Gasteiger partial charge in [0, 0.05) is 12.6 Å². The van der Waals surface area contributed by atoms with Gasteiger partial charge < -0.3 is 10.6 Å². The summed E-state index contributed by atoms with van der Waals surface area (Å²) < 4.78 is 0. The highest BCUT2D eigenvalue weighted by atomic mass is 35.5. The zero-order valence-electron chi connectivity index (χ0n) is 13.8. The van der Waals surface area contributed by atoms with E-state index in [1.807, 2.05) is 6.92 Å². The number of amides is 3. The van der Waals surface area contributed by atoms with Crippen molar-refractivity contribution >= 4 is 30.1 Å². The molecule has 1 saturated heterocycles. The summed E-state index contributed by atoms with van der Waals surface area (Å²) in [6, 6.07) is 4.39. The zero-order valence-corrected chi connectivity index (χ0v) is 14.6. The fraction of sp³-hybridized carbons (Fsp3) is 0.471. The number of nitrogens with zero attached hydrogens (tertiary/aromatic N) is 1. The third-order valence-corrected chi connectivity index (χ3v) is 4.48. The van der Waals surface area contributed by atoms with Crippen molar-refractivity contribution in [3.63, 3.8) is 0 Å². The molecule has 0 aromatic heterocycles. The van der Waals surface area contributed by atoms with Crippen molar-refractivity contribution in [2.75, 3.05) is 13.1 Å². The van der Waals surface area contributed by atoms with Crippen LogP contribution in [0.15, 0.2) is 18.2 Å². The number of hydrogen-bond acceptors (Lipinski definition) is 4. The molecule has 130 valence electrons. The van der Waals surface area contributed by atoms with E-state index in [4.69, 9.17) is 0 Å². The lowest BCUT2D eigenvalue weighted by Crippen LogP contribution is -2.53. The molecule has 0 radical (unpaired) electrons. The molecule has 1 aromatic rings. The van der Waals surface area contributed by atoms with E-state index in [1.165, 1.54) is 0 Å². The molecule has 24 heavy (non-hydrogen) atoms. The van der Waals surface area contributed by atoms with Crippen molar-refractivity contribution in [2.24, 2.45) is 0 Å². The first-order valence-corrected chi connectivity index (χ1v) is 7.98. The first kappa shape index (κ1) is 18.4. The van der Waals surface area contributed by atoms with Crippen LogP contribution in [0.25, 0.3) is 0 Å². The van der Waals surface area contributed by atoms with Gasteiger partial charge in [0.25, 0.3) is 11.8 Å². The van der Waals surface area contributed by atoms with Crippen LogP contribution in [0.3, 0.4) is 0 Å². The molecule has 1 aromatic carbocycles. The quantitative estimate of drug-likeness (QED) is 0.804. The Balaban J connectivity index is 0.00000208. The van der Waals surface area contributed by atoms with Crippen LogP contribution in [0, 0.1) is 6.92 Å². The minimum atomic E-state index is -0.815. The molecule has 2 heterocycles. The second kappa shape index (κ2) is 7.32. The summed E-state index contributed by atoms with van der Waals surface area (Å²) in [5.41, 5.74) is 1.67. The fourth-order valence-corrected chi connectivity index (χ4v) is 3.14. The standard InChI is InChI=1S/C17H21N3O3.ClH/c1-10-5-6-13-14(8-10)17(23)20(16(13)22)11(2)15(21)19-12-4-3-7-18-9-12;/h5-6,8,11-12,18H,3-4,7,9H2,1-2H3,(H,19,21);1H/t11?,12-;/m0./s1. The highest BCUT2D eigenvalue weighted by molar-refractivity contribution is 6.22. The number of fused-ring (bicyclic) bond motifs is 1. The number of halogens is 1. The van der Waals surface area contributed by atoms with E-state index in [0.29, 0.717) is 11.1 Å². The molecule has 3 amide bonds. The second-order valence-electron chi connectivity index (χ2n) is 6.26. The van der Waals surface area contributed by atoms with Crippen molar-refractivity contribution in [1.82, 2.24) is 15.5 Å². The lowest BCUT2D eigenvalue weighted by Gasteiger charge is -2.27. The number of aryl methyl sites for hydroxylation is 1. The van der Waals surface area contributed by atoms with Crippen molar-refractivity contribution in [3.05, 3.63) is 34.9 Å². The number of nitrogens with one attached hydrogen (secondary N) is 2. The summed E-state index contributed by atoms with van der Waals surface area (Å²) in [6.45, 7) is 5.15. The average Bonchev–Trinajstić information content (AvgIpc) is 2.78. The van der Waals surface area contributed by atoms with Gasteiger partial charge in [0.2, 0.25) is 5.91 Å². The Kier molecular flexibility index (Phi) is 5.62. The number of rotatable bonds is 3. The highest BCUT2D eigenvalue weighted by Crippen LogP contribution is 2.25. The lowest BCUT2D eigenvalue weighted by atomic mass is 10.1. The highest BCUT2D eigenvalue weighted by Gasteiger charge is 2.41. The van der Waals surface area contributed by atoms with Crippen molar-refractivity contribution in [1.29, 1.82) is 0 Å². The average molecular weight is 352 g/mol. The molecule has 1 fully saturated rings. The molecular formula is C17H22ClN3O3. The number of carbonyl (C=O) groups excluding carboxylic acids is 3. The third-order valence-electron chi connectivity index (χ3n) is 4.48. The largest absolute Gasteiger partial charge is 0.350 e. The van der Waals surface area contributed by atoms with E-state index in [0.717, 1.165) is 36.4 Å². The predicted octanol–water partition coefficient (Wildman–Crippen LogP) is 1.27. The molecule has 0 aliphatic carbocycles.